The topological polar surface area (TPSA) is 47.3 Å². The molecule has 0 unspecified atom stereocenters. The van der Waals surface area contributed by atoms with E-state index in [-0.39, 0.29) is 5.91 Å². The summed E-state index contributed by atoms with van der Waals surface area (Å²) in [5.41, 5.74) is 2.40. The summed E-state index contributed by atoms with van der Waals surface area (Å²) in [4.78, 5) is 15.0. The van der Waals surface area contributed by atoms with E-state index in [1.165, 1.54) is 0 Å². The van der Waals surface area contributed by atoms with Crippen LogP contribution in [0.4, 0.5) is 11.4 Å². The number of hydrogen-bond donors (Lipinski definition) is 0. The van der Waals surface area contributed by atoms with E-state index in [1.54, 1.807) is 30.1 Å². The van der Waals surface area contributed by atoms with Gasteiger partial charge < -0.3 is 9.80 Å². The van der Waals surface area contributed by atoms with Gasteiger partial charge in [-0.2, -0.15) is 5.26 Å². The number of nitriles is 1. The van der Waals surface area contributed by atoms with E-state index in [9.17, 15) is 4.79 Å². The molecule has 0 aromatic heterocycles. The van der Waals surface area contributed by atoms with Crippen molar-refractivity contribution in [2.45, 2.75) is 0 Å². The van der Waals surface area contributed by atoms with Crippen molar-refractivity contribution >= 4 is 17.3 Å². The molecule has 0 atom stereocenters. The third-order valence-corrected chi connectivity index (χ3v) is 2.62. The molecule has 1 amide bonds. The van der Waals surface area contributed by atoms with E-state index in [2.05, 4.69) is 6.07 Å². The van der Waals surface area contributed by atoms with E-state index in [1.807, 2.05) is 11.9 Å². The van der Waals surface area contributed by atoms with Gasteiger partial charge in [-0.15, -0.1) is 0 Å². The van der Waals surface area contributed by atoms with Crippen LogP contribution in [0.25, 0.3) is 0 Å². The summed E-state index contributed by atoms with van der Waals surface area (Å²) < 4.78 is 0. The summed E-state index contributed by atoms with van der Waals surface area (Å²) in [6, 6.07) is 7.43. The van der Waals surface area contributed by atoms with Crippen LogP contribution in [-0.4, -0.2) is 26.5 Å². The molecule has 0 fully saturated rings. The number of benzene rings is 1. The largest absolute Gasteiger partial charge is 0.364 e. The van der Waals surface area contributed by atoms with Crippen molar-refractivity contribution in [2.24, 2.45) is 0 Å². The Morgan fingerprint density at radius 2 is 2.07 bits per heavy atom. The highest BCUT2D eigenvalue weighted by atomic mass is 16.2. The maximum absolute atomic E-state index is 11.5. The monoisotopic (exact) mass is 201 g/mol. The number of anilines is 2. The van der Waals surface area contributed by atoms with Gasteiger partial charge in [-0.3, -0.25) is 4.79 Å². The number of rotatable bonds is 0. The second kappa shape index (κ2) is 3.28. The van der Waals surface area contributed by atoms with Crippen LogP contribution in [-0.2, 0) is 4.79 Å². The lowest BCUT2D eigenvalue weighted by Gasteiger charge is -2.32. The Kier molecular flexibility index (Phi) is 2.09. The zero-order chi connectivity index (χ0) is 11.0. The standard InChI is InChI=1S/C11H11N3O/c1-13-7-11(15)14(2)9-4-3-8(6-12)5-10(9)13/h3-5H,7H2,1-2H3. The van der Waals surface area contributed by atoms with Crippen molar-refractivity contribution in [1.82, 2.24) is 0 Å². The molecule has 4 heteroatoms. The van der Waals surface area contributed by atoms with Crippen LogP contribution in [0.5, 0.6) is 0 Å². The molecular weight excluding hydrogens is 190 g/mol. The summed E-state index contributed by atoms with van der Waals surface area (Å²) in [6.45, 7) is 0.360. The molecule has 1 aromatic carbocycles. The summed E-state index contributed by atoms with van der Waals surface area (Å²) in [7, 11) is 3.60. The molecule has 0 saturated heterocycles. The fourth-order valence-corrected chi connectivity index (χ4v) is 1.71. The summed E-state index contributed by atoms with van der Waals surface area (Å²) >= 11 is 0. The van der Waals surface area contributed by atoms with Crippen molar-refractivity contribution < 1.29 is 4.79 Å². The first-order valence-corrected chi connectivity index (χ1v) is 4.65. The SMILES string of the molecule is CN1CC(=O)N(C)c2ccc(C#N)cc21. The minimum atomic E-state index is 0.0645. The van der Waals surface area contributed by atoms with E-state index >= 15 is 0 Å². The van der Waals surface area contributed by atoms with Crippen LogP contribution in [0.2, 0.25) is 0 Å². The number of hydrogen-bond acceptors (Lipinski definition) is 3. The molecule has 1 aliphatic heterocycles. The van der Waals surface area contributed by atoms with Gasteiger partial charge in [0.2, 0.25) is 5.91 Å². The van der Waals surface area contributed by atoms with Crippen molar-refractivity contribution in [3.8, 4) is 6.07 Å². The second-order valence-electron chi connectivity index (χ2n) is 3.62. The van der Waals surface area contributed by atoms with Gasteiger partial charge in [0.25, 0.3) is 0 Å². The highest BCUT2D eigenvalue weighted by Crippen LogP contribution is 2.32. The van der Waals surface area contributed by atoms with Crippen LogP contribution in [0, 0.1) is 11.3 Å². The third-order valence-electron chi connectivity index (χ3n) is 2.62. The van der Waals surface area contributed by atoms with E-state index in [4.69, 9.17) is 5.26 Å². The number of amides is 1. The smallest absolute Gasteiger partial charge is 0.246 e. The van der Waals surface area contributed by atoms with E-state index in [0.29, 0.717) is 12.1 Å². The van der Waals surface area contributed by atoms with Gasteiger partial charge in [0.1, 0.15) is 0 Å². The van der Waals surface area contributed by atoms with Crippen LogP contribution >= 0.6 is 0 Å². The van der Waals surface area contributed by atoms with Crippen molar-refractivity contribution in [2.75, 3.05) is 30.4 Å². The molecular formula is C11H11N3O. The van der Waals surface area contributed by atoms with Gasteiger partial charge in [-0.05, 0) is 18.2 Å². The first kappa shape index (κ1) is 9.53. The lowest BCUT2D eigenvalue weighted by molar-refractivity contribution is -0.117. The molecule has 0 bridgehead atoms. The number of fused-ring (bicyclic) bond motifs is 1. The quantitative estimate of drug-likeness (QED) is 0.628. The fraction of sp³-hybridized carbons (Fsp3) is 0.273. The summed E-state index contributed by atoms with van der Waals surface area (Å²) in [5.74, 6) is 0.0645. The van der Waals surface area contributed by atoms with Gasteiger partial charge >= 0.3 is 0 Å². The predicted molar refractivity (Wildman–Crippen MR) is 57.8 cm³/mol. The second-order valence-corrected chi connectivity index (χ2v) is 3.62. The first-order valence-electron chi connectivity index (χ1n) is 4.65. The van der Waals surface area contributed by atoms with E-state index in [0.717, 1.165) is 11.4 Å². The van der Waals surface area contributed by atoms with Gasteiger partial charge in [0, 0.05) is 14.1 Å². The van der Waals surface area contributed by atoms with Crippen LogP contribution in [0.1, 0.15) is 5.56 Å². The Bertz CT molecular complexity index is 461. The molecule has 15 heavy (non-hydrogen) atoms. The number of likely N-dealkylation sites (N-methyl/N-ethyl adjacent to an activating group) is 2. The number of nitrogens with zero attached hydrogens (tertiary/aromatic N) is 3. The molecule has 1 heterocycles. The molecule has 1 aromatic rings. The molecule has 0 spiro atoms. The van der Waals surface area contributed by atoms with E-state index < -0.39 is 0 Å². The Labute approximate surface area is 88.3 Å². The highest BCUT2D eigenvalue weighted by Gasteiger charge is 2.24. The Morgan fingerprint density at radius 1 is 1.33 bits per heavy atom. The zero-order valence-corrected chi connectivity index (χ0v) is 8.69. The number of carbonyl (C=O) groups is 1. The van der Waals surface area contributed by atoms with Gasteiger partial charge in [-0.1, -0.05) is 0 Å². The molecule has 76 valence electrons. The fourth-order valence-electron chi connectivity index (χ4n) is 1.71. The molecule has 1 aliphatic rings. The Morgan fingerprint density at radius 3 is 2.73 bits per heavy atom. The Balaban J connectivity index is 2.56. The molecule has 0 saturated carbocycles. The minimum absolute atomic E-state index is 0.0645. The zero-order valence-electron chi connectivity index (χ0n) is 8.69. The highest BCUT2D eigenvalue weighted by molar-refractivity contribution is 6.02. The van der Waals surface area contributed by atoms with Crippen molar-refractivity contribution in [3.05, 3.63) is 23.8 Å². The van der Waals surface area contributed by atoms with Crippen LogP contribution < -0.4 is 9.80 Å². The van der Waals surface area contributed by atoms with Gasteiger partial charge in [-0.25, -0.2) is 0 Å². The van der Waals surface area contributed by atoms with Crippen LogP contribution in [0.15, 0.2) is 18.2 Å². The van der Waals surface area contributed by atoms with Crippen molar-refractivity contribution in [1.29, 1.82) is 5.26 Å². The van der Waals surface area contributed by atoms with Crippen LogP contribution in [0.3, 0.4) is 0 Å². The Hall–Kier alpha value is -2.02. The maximum Gasteiger partial charge on any atom is 0.246 e. The minimum Gasteiger partial charge on any atom is -0.364 e. The first-order chi connectivity index (χ1) is 7.13. The van der Waals surface area contributed by atoms with Gasteiger partial charge in [0.15, 0.2) is 0 Å². The molecule has 0 radical (unpaired) electrons. The van der Waals surface area contributed by atoms with Gasteiger partial charge in [0.05, 0.1) is 29.6 Å². The molecule has 0 aliphatic carbocycles. The summed E-state index contributed by atoms with van der Waals surface area (Å²) in [5, 5.41) is 8.79. The number of carbonyl (C=O) groups excluding carboxylic acids is 1. The normalized spacial score (nSPS) is 14.9. The third kappa shape index (κ3) is 1.42. The maximum atomic E-state index is 11.5. The predicted octanol–water partition coefficient (Wildman–Crippen LogP) is 0.971. The molecule has 2 rings (SSSR count). The average molecular weight is 201 g/mol. The summed E-state index contributed by atoms with van der Waals surface area (Å²) in [6.07, 6.45) is 0. The average Bonchev–Trinajstić information content (AvgIpc) is 2.25. The molecule has 0 N–H and O–H groups in total. The lowest BCUT2D eigenvalue weighted by Crippen LogP contribution is -2.42. The van der Waals surface area contributed by atoms with Crippen molar-refractivity contribution in [3.63, 3.8) is 0 Å². The lowest BCUT2D eigenvalue weighted by atomic mass is 10.1. The molecule has 4 nitrogen and oxygen atoms in total.